The van der Waals surface area contributed by atoms with E-state index in [0.29, 0.717) is 6.54 Å². The Balaban J connectivity index is 2.34. The van der Waals surface area contributed by atoms with Crippen molar-refractivity contribution in [3.8, 4) is 0 Å². The molecule has 0 aliphatic carbocycles. The minimum Gasteiger partial charge on any atom is -0.388 e. The number of benzene rings is 1. The molecule has 0 spiro atoms. The van der Waals surface area contributed by atoms with Crippen LogP contribution in [0.2, 0.25) is 0 Å². The Bertz CT molecular complexity index is 513. The average molecular weight is 326 g/mol. The molecule has 0 saturated carbocycles. The van der Waals surface area contributed by atoms with Crippen molar-refractivity contribution in [2.75, 3.05) is 6.54 Å². The molecular weight excluding hydrogens is 310 g/mol. The van der Waals surface area contributed by atoms with E-state index in [4.69, 9.17) is 5.73 Å². The van der Waals surface area contributed by atoms with Crippen molar-refractivity contribution in [3.05, 3.63) is 56.2 Å². The molecule has 4 heteroatoms. The summed E-state index contributed by atoms with van der Waals surface area (Å²) < 4.78 is 0.976. The summed E-state index contributed by atoms with van der Waals surface area (Å²) in [5, 5.41) is 12.6. The van der Waals surface area contributed by atoms with Crippen LogP contribution in [0.1, 0.15) is 28.0 Å². The lowest BCUT2D eigenvalue weighted by Crippen LogP contribution is -2.20. The maximum Gasteiger partial charge on any atom is 0.0881 e. The van der Waals surface area contributed by atoms with E-state index in [1.807, 2.05) is 42.6 Å². The second-order valence-electron chi connectivity index (χ2n) is 4.30. The normalized spacial score (nSPS) is 14.4. The van der Waals surface area contributed by atoms with Gasteiger partial charge in [0.05, 0.1) is 6.10 Å². The van der Waals surface area contributed by atoms with Crippen LogP contribution in [0.3, 0.4) is 0 Å². The van der Waals surface area contributed by atoms with E-state index < -0.39 is 6.10 Å². The number of nitrogens with two attached hydrogens (primary N) is 1. The van der Waals surface area contributed by atoms with Crippen LogP contribution in [0.25, 0.3) is 0 Å². The average Bonchev–Trinajstić information content (AvgIpc) is 2.87. The summed E-state index contributed by atoms with van der Waals surface area (Å²) in [6, 6.07) is 9.97. The van der Waals surface area contributed by atoms with Crippen molar-refractivity contribution in [1.29, 1.82) is 0 Å². The van der Waals surface area contributed by atoms with Gasteiger partial charge in [-0.15, -0.1) is 11.3 Å². The van der Waals surface area contributed by atoms with Crippen molar-refractivity contribution >= 4 is 27.3 Å². The van der Waals surface area contributed by atoms with Gasteiger partial charge in [-0.25, -0.2) is 0 Å². The zero-order valence-electron chi connectivity index (χ0n) is 10.1. The minimum absolute atomic E-state index is 0.0435. The highest BCUT2D eigenvalue weighted by molar-refractivity contribution is 9.10. The summed E-state index contributed by atoms with van der Waals surface area (Å²) in [6.45, 7) is 2.45. The maximum absolute atomic E-state index is 10.6. The molecule has 0 radical (unpaired) electrons. The van der Waals surface area contributed by atoms with Crippen molar-refractivity contribution in [2.24, 2.45) is 5.73 Å². The van der Waals surface area contributed by atoms with Gasteiger partial charge in [0.15, 0.2) is 0 Å². The first-order chi connectivity index (χ1) is 8.63. The SMILES string of the molecule is Cc1ccc(Br)cc1C(O)C(CN)c1cccs1. The third-order valence-corrected chi connectivity index (χ3v) is 4.60. The van der Waals surface area contributed by atoms with E-state index in [1.54, 1.807) is 11.3 Å². The maximum atomic E-state index is 10.6. The first-order valence-corrected chi connectivity index (χ1v) is 7.48. The smallest absolute Gasteiger partial charge is 0.0881 e. The summed E-state index contributed by atoms with van der Waals surface area (Å²) in [6.07, 6.45) is -0.564. The van der Waals surface area contributed by atoms with Crippen LogP contribution in [-0.4, -0.2) is 11.7 Å². The zero-order chi connectivity index (χ0) is 13.1. The monoisotopic (exact) mass is 325 g/mol. The number of hydrogen-bond donors (Lipinski definition) is 2. The van der Waals surface area contributed by atoms with E-state index in [-0.39, 0.29) is 5.92 Å². The second-order valence-corrected chi connectivity index (χ2v) is 6.20. The molecule has 2 nitrogen and oxygen atoms in total. The summed E-state index contributed by atoms with van der Waals surface area (Å²) in [4.78, 5) is 1.13. The number of hydrogen-bond acceptors (Lipinski definition) is 3. The molecule has 2 atom stereocenters. The number of aryl methyl sites for hydroxylation is 1. The molecule has 0 bridgehead atoms. The number of rotatable bonds is 4. The predicted octanol–water partition coefficient (Wildman–Crippen LogP) is 3.59. The molecule has 2 aromatic rings. The van der Waals surface area contributed by atoms with Gasteiger partial charge in [-0.3, -0.25) is 0 Å². The van der Waals surface area contributed by atoms with Gasteiger partial charge >= 0.3 is 0 Å². The van der Waals surface area contributed by atoms with Crippen molar-refractivity contribution in [2.45, 2.75) is 18.9 Å². The van der Waals surface area contributed by atoms with Gasteiger partial charge in [0.25, 0.3) is 0 Å². The number of aliphatic hydroxyl groups is 1. The summed E-state index contributed by atoms with van der Waals surface area (Å²) >= 11 is 5.08. The molecule has 0 amide bonds. The van der Waals surface area contributed by atoms with Crippen LogP contribution in [0, 0.1) is 6.92 Å². The van der Waals surface area contributed by atoms with E-state index in [9.17, 15) is 5.11 Å². The Morgan fingerprint density at radius 1 is 1.39 bits per heavy atom. The largest absolute Gasteiger partial charge is 0.388 e. The molecule has 0 aliphatic rings. The third kappa shape index (κ3) is 2.83. The Morgan fingerprint density at radius 2 is 2.17 bits per heavy atom. The molecule has 1 heterocycles. The van der Waals surface area contributed by atoms with Crippen molar-refractivity contribution in [1.82, 2.24) is 0 Å². The molecular formula is C14H16BrNOS. The fourth-order valence-electron chi connectivity index (χ4n) is 2.05. The molecule has 1 aromatic carbocycles. The fourth-order valence-corrected chi connectivity index (χ4v) is 3.30. The molecule has 96 valence electrons. The molecule has 3 N–H and O–H groups in total. The number of aliphatic hydroxyl groups excluding tert-OH is 1. The lowest BCUT2D eigenvalue weighted by Gasteiger charge is -2.22. The van der Waals surface area contributed by atoms with Gasteiger partial charge in [-0.2, -0.15) is 0 Å². The van der Waals surface area contributed by atoms with Crippen LogP contribution in [-0.2, 0) is 0 Å². The number of halogens is 1. The van der Waals surface area contributed by atoms with E-state index in [2.05, 4.69) is 15.9 Å². The van der Waals surface area contributed by atoms with Gasteiger partial charge in [-0.1, -0.05) is 28.1 Å². The third-order valence-electron chi connectivity index (χ3n) is 3.10. The highest BCUT2D eigenvalue weighted by Crippen LogP contribution is 2.35. The van der Waals surface area contributed by atoms with Crippen LogP contribution >= 0.6 is 27.3 Å². The van der Waals surface area contributed by atoms with Gasteiger partial charge in [0.1, 0.15) is 0 Å². The van der Waals surface area contributed by atoms with Crippen LogP contribution in [0.5, 0.6) is 0 Å². The second kappa shape index (κ2) is 5.97. The van der Waals surface area contributed by atoms with E-state index in [1.165, 1.54) is 0 Å². The molecule has 1 aromatic heterocycles. The van der Waals surface area contributed by atoms with Crippen molar-refractivity contribution < 1.29 is 5.11 Å². The van der Waals surface area contributed by atoms with E-state index in [0.717, 1.165) is 20.5 Å². The van der Waals surface area contributed by atoms with Crippen LogP contribution < -0.4 is 5.73 Å². The first kappa shape index (κ1) is 13.7. The number of thiophene rings is 1. The van der Waals surface area contributed by atoms with Gasteiger partial charge in [0.2, 0.25) is 0 Å². The fraction of sp³-hybridized carbons (Fsp3) is 0.286. The molecule has 0 saturated heterocycles. The lowest BCUT2D eigenvalue weighted by atomic mass is 9.92. The van der Waals surface area contributed by atoms with Gasteiger partial charge < -0.3 is 10.8 Å². The Morgan fingerprint density at radius 3 is 2.78 bits per heavy atom. The highest BCUT2D eigenvalue weighted by Gasteiger charge is 2.23. The molecule has 0 fully saturated rings. The molecule has 0 aliphatic heterocycles. The topological polar surface area (TPSA) is 46.2 Å². The Kier molecular flexibility index (Phi) is 4.56. The molecule has 2 rings (SSSR count). The van der Waals surface area contributed by atoms with Gasteiger partial charge in [0, 0.05) is 21.8 Å². The summed E-state index contributed by atoms with van der Waals surface area (Å²) in [7, 11) is 0. The first-order valence-electron chi connectivity index (χ1n) is 5.81. The summed E-state index contributed by atoms with van der Waals surface area (Å²) in [5.41, 5.74) is 7.85. The zero-order valence-corrected chi connectivity index (χ0v) is 12.5. The summed E-state index contributed by atoms with van der Waals surface area (Å²) in [5.74, 6) is -0.0435. The van der Waals surface area contributed by atoms with Crippen molar-refractivity contribution in [3.63, 3.8) is 0 Å². The van der Waals surface area contributed by atoms with E-state index >= 15 is 0 Å². The molecule has 18 heavy (non-hydrogen) atoms. The lowest BCUT2D eigenvalue weighted by molar-refractivity contribution is 0.148. The standard InChI is InChI=1S/C14H16BrNOS/c1-9-4-5-10(15)7-11(9)14(17)12(8-16)13-3-2-6-18-13/h2-7,12,14,17H,8,16H2,1H3. The van der Waals surface area contributed by atoms with Crippen LogP contribution in [0.15, 0.2) is 40.2 Å². The minimum atomic E-state index is -0.564. The Labute approximate surface area is 120 Å². The van der Waals surface area contributed by atoms with Crippen LogP contribution in [0.4, 0.5) is 0 Å². The predicted molar refractivity (Wildman–Crippen MR) is 80.0 cm³/mol. The Hall–Kier alpha value is -0.680. The quantitative estimate of drug-likeness (QED) is 0.902. The molecule has 2 unspecified atom stereocenters. The van der Waals surface area contributed by atoms with Gasteiger partial charge in [-0.05, 0) is 41.6 Å². The highest BCUT2D eigenvalue weighted by atomic mass is 79.9.